The Kier molecular flexibility index (Phi) is 6.44. The second kappa shape index (κ2) is 8.55. The number of carbonyl (C=O) groups excluding carboxylic acids is 1. The molecule has 0 atom stereocenters. The molecular formula is C18H21N3O3S. The number of rotatable bonds is 7. The number of sulfonamides is 1. The molecule has 2 aromatic carbocycles. The van der Waals surface area contributed by atoms with Gasteiger partial charge in [0.2, 0.25) is 10.0 Å². The molecule has 0 aliphatic heterocycles. The standard InChI is InChI=1S/C18H21N3O3S/c1-3-15-9-11-16(12-10-15)14(2)20-21-18(22)13-19-25(23,24)17-7-5-4-6-8-17/h4-12,19H,3,13H2,1-2H3,(H,21,22)/b20-14-. The predicted molar refractivity (Wildman–Crippen MR) is 97.8 cm³/mol. The molecule has 6 nitrogen and oxygen atoms in total. The zero-order valence-electron chi connectivity index (χ0n) is 14.2. The second-order valence-corrected chi connectivity index (χ2v) is 7.19. The molecule has 2 N–H and O–H groups in total. The number of nitrogens with zero attached hydrogens (tertiary/aromatic N) is 1. The number of nitrogens with one attached hydrogen (secondary N) is 2. The van der Waals surface area contributed by atoms with Crippen molar-refractivity contribution in [3.63, 3.8) is 0 Å². The molecule has 0 saturated heterocycles. The van der Waals surface area contributed by atoms with E-state index in [-0.39, 0.29) is 11.4 Å². The molecular weight excluding hydrogens is 338 g/mol. The van der Waals surface area contributed by atoms with Crippen molar-refractivity contribution < 1.29 is 13.2 Å². The Hall–Kier alpha value is -2.51. The van der Waals surface area contributed by atoms with E-state index in [1.807, 2.05) is 24.3 Å². The predicted octanol–water partition coefficient (Wildman–Crippen LogP) is 2.07. The summed E-state index contributed by atoms with van der Waals surface area (Å²) in [6.45, 7) is 3.46. The zero-order valence-corrected chi connectivity index (χ0v) is 15.0. The molecule has 25 heavy (non-hydrogen) atoms. The number of benzene rings is 2. The third-order valence-electron chi connectivity index (χ3n) is 3.60. The van der Waals surface area contributed by atoms with Gasteiger partial charge in [0.1, 0.15) is 0 Å². The molecule has 0 aliphatic carbocycles. The summed E-state index contributed by atoms with van der Waals surface area (Å²) in [5, 5.41) is 4.01. The smallest absolute Gasteiger partial charge is 0.255 e. The van der Waals surface area contributed by atoms with Crippen LogP contribution in [0.5, 0.6) is 0 Å². The van der Waals surface area contributed by atoms with Gasteiger partial charge in [0.25, 0.3) is 5.91 Å². The molecule has 2 aromatic rings. The Bertz CT molecular complexity index is 845. The summed E-state index contributed by atoms with van der Waals surface area (Å²) in [5.41, 5.74) is 5.11. The first kappa shape index (κ1) is 18.8. The topological polar surface area (TPSA) is 87.6 Å². The maximum atomic E-state index is 12.0. The van der Waals surface area contributed by atoms with Crippen molar-refractivity contribution in [1.82, 2.24) is 10.1 Å². The molecule has 0 radical (unpaired) electrons. The number of hydrogen-bond acceptors (Lipinski definition) is 4. The van der Waals surface area contributed by atoms with Crippen LogP contribution in [0.2, 0.25) is 0 Å². The van der Waals surface area contributed by atoms with Crippen LogP contribution in [0.4, 0.5) is 0 Å². The lowest BCUT2D eigenvalue weighted by Crippen LogP contribution is -2.35. The molecule has 0 aromatic heterocycles. The van der Waals surface area contributed by atoms with Crippen LogP contribution in [0.1, 0.15) is 25.0 Å². The highest BCUT2D eigenvalue weighted by Gasteiger charge is 2.14. The van der Waals surface area contributed by atoms with Crippen molar-refractivity contribution in [2.45, 2.75) is 25.2 Å². The van der Waals surface area contributed by atoms with Gasteiger partial charge in [0.15, 0.2) is 0 Å². The van der Waals surface area contributed by atoms with E-state index >= 15 is 0 Å². The first-order valence-electron chi connectivity index (χ1n) is 7.89. The minimum Gasteiger partial charge on any atom is -0.272 e. The average molecular weight is 359 g/mol. The lowest BCUT2D eigenvalue weighted by Gasteiger charge is -2.06. The number of carbonyl (C=O) groups is 1. The van der Waals surface area contributed by atoms with Crippen LogP contribution in [0.25, 0.3) is 0 Å². The average Bonchev–Trinajstić information content (AvgIpc) is 2.65. The highest BCUT2D eigenvalue weighted by molar-refractivity contribution is 7.89. The summed E-state index contributed by atoms with van der Waals surface area (Å²) in [5.74, 6) is -0.538. The van der Waals surface area contributed by atoms with Gasteiger partial charge in [0, 0.05) is 0 Å². The van der Waals surface area contributed by atoms with Gasteiger partial charge in [-0.3, -0.25) is 4.79 Å². The van der Waals surface area contributed by atoms with Crippen molar-refractivity contribution in [3.05, 3.63) is 65.7 Å². The fourth-order valence-corrected chi connectivity index (χ4v) is 3.08. The maximum Gasteiger partial charge on any atom is 0.255 e. The van der Waals surface area contributed by atoms with Gasteiger partial charge < -0.3 is 0 Å². The third kappa shape index (κ3) is 5.51. The minimum atomic E-state index is -3.71. The summed E-state index contributed by atoms with van der Waals surface area (Å²) >= 11 is 0. The molecule has 0 heterocycles. The van der Waals surface area contributed by atoms with E-state index in [4.69, 9.17) is 0 Å². The van der Waals surface area contributed by atoms with E-state index in [0.29, 0.717) is 5.71 Å². The van der Waals surface area contributed by atoms with Gasteiger partial charge >= 0.3 is 0 Å². The summed E-state index contributed by atoms with van der Waals surface area (Å²) in [7, 11) is -3.71. The van der Waals surface area contributed by atoms with Crippen LogP contribution in [0.3, 0.4) is 0 Å². The van der Waals surface area contributed by atoms with Crippen molar-refractivity contribution in [3.8, 4) is 0 Å². The summed E-state index contributed by atoms with van der Waals surface area (Å²) in [6.07, 6.45) is 0.953. The summed E-state index contributed by atoms with van der Waals surface area (Å²) < 4.78 is 26.3. The van der Waals surface area contributed by atoms with Crippen LogP contribution in [-0.2, 0) is 21.2 Å². The Morgan fingerprint density at radius 1 is 1.04 bits per heavy atom. The number of amides is 1. The Morgan fingerprint density at radius 2 is 1.68 bits per heavy atom. The van der Waals surface area contributed by atoms with Crippen molar-refractivity contribution in [2.24, 2.45) is 5.10 Å². The third-order valence-corrected chi connectivity index (χ3v) is 5.02. The van der Waals surface area contributed by atoms with Gasteiger partial charge in [-0.15, -0.1) is 0 Å². The summed E-state index contributed by atoms with van der Waals surface area (Å²) in [4.78, 5) is 11.9. The first-order valence-corrected chi connectivity index (χ1v) is 9.38. The first-order chi connectivity index (χ1) is 11.9. The van der Waals surface area contributed by atoms with E-state index < -0.39 is 15.9 Å². The Labute approximate surface area is 148 Å². The van der Waals surface area contributed by atoms with Gasteiger partial charge in [-0.05, 0) is 36.6 Å². The zero-order chi connectivity index (χ0) is 18.3. The summed E-state index contributed by atoms with van der Waals surface area (Å²) in [6, 6.07) is 15.7. The Morgan fingerprint density at radius 3 is 2.28 bits per heavy atom. The van der Waals surface area contributed by atoms with E-state index in [2.05, 4.69) is 22.2 Å². The van der Waals surface area contributed by atoms with Gasteiger partial charge in [-0.25, -0.2) is 18.6 Å². The largest absolute Gasteiger partial charge is 0.272 e. The Balaban J connectivity index is 1.91. The van der Waals surface area contributed by atoms with Crippen LogP contribution in [0.15, 0.2) is 64.6 Å². The second-order valence-electron chi connectivity index (χ2n) is 5.42. The van der Waals surface area contributed by atoms with Crippen molar-refractivity contribution in [2.75, 3.05) is 6.54 Å². The van der Waals surface area contributed by atoms with E-state index in [0.717, 1.165) is 12.0 Å². The molecule has 132 valence electrons. The minimum absolute atomic E-state index is 0.110. The van der Waals surface area contributed by atoms with Gasteiger partial charge in [-0.2, -0.15) is 5.10 Å². The van der Waals surface area contributed by atoms with E-state index in [1.165, 1.54) is 17.7 Å². The van der Waals surface area contributed by atoms with Crippen LogP contribution >= 0.6 is 0 Å². The lowest BCUT2D eigenvalue weighted by molar-refractivity contribution is -0.119. The molecule has 0 spiro atoms. The van der Waals surface area contributed by atoms with Crippen molar-refractivity contribution >= 4 is 21.6 Å². The van der Waals surface area contributed by atoms with Gasteiger partial charge in [-0.1, -0.05) is 49.4 Å². The number of hydrazone groups is 1. The molecule has 0 aliphatic rings. The van der Waals surface area contributed by atoms with Crippen LogP contribution in [0, 0.1) is 0 Å². The van der Waals surface area contributed by atoms with E-state index in [1.54, 1.807) is 25.1 Å². The fraction of sp³-hybridized carbons (Fsp3) is 0.222. The molecule has 2 rings (SSSR count). The highest BCUT2D eigenvalue weighted by Crippen LogP contribution is 2.07. The fourth-order valence-electron chi connectivity index (χ4n) is 2.08. The van der Waals surface area contributed by atoms with Crippen LogP contribution < -0.4 is 10.1 Å². The molecule has 0 unspecified atom stereocenters. The molecule has 0 bridgehead atoms. The van der Waals surface area contributed by atoms with Crippen molar-refractivity contribution in [1.29, 1.82) is 0 Å². The quantitative estimate of drug-likeness (QED) is 0.586. The SMILES string of the molecule is CCc1ccc(/C(C)=N\NC(=O)CNS(=O)(=O)c2ccccc2)cc1. The normalized spacial score (nSPS) is 12.0. The van der Waals surface area contributed by atoms with Gasteiger partial charge in [0.05, 0.1) is 17.2 Å². The molecule has 0 saturated carbocycles. The lowest BCUT2D eigenvalue weighted by atomic mass is 10.1. The van der Waals surface area contributed by atoms with Crippen LogP contribution in [-0.4, -0.2) is 26.6 Å². The number of aryl methyl sites for hydroxylation is 1. The maximum absolute atomic E-state index is 12.0. The highest BCUT2D eigenvalue weighted by atomic mass is 32.2. The number of hydrogen-bond donors (Lipinski definition) is 2. The molecule has 0 fully saturated rings. The molecule has 7 heteroatoms. The molecule has 1 amide bonds. The monoisotopic (exact) mass is 359 g/mol. The van der Waals surface area contributed by atoms with E-state index in [9.17, 15) is 13.2 Å².